The number of carboxylic acid groups (broad SMARTS) is 1. The van der Waals surface area contributed by atoms with Gasteiger partial charge in [-0.1, -0.05) is 11.6 Å². The van der Waals surface area contributed by atoms with E-state index in [-0.39, 0.29) is 12.3 Å². The fourth-order valence-corrected chi connectivity index (χ4v) is 3.12. The number of carbonyl (C=O) groups excluding carboxylic acids is 1. The predicted molar refractivity (Wildman–Crippen MR) is 73.9 cm³/mol. The Balaban J connectivity index is 1.85. The van der Waals surface area contributed by atoms with Crippen LogP contribution in [0.25, 0.3) is 0 Å². The molecule has 0 spiro atoms. The molecule has 1 N–H and O–H groups in total. The maximum atomic E-state index is 12.2. The lowest BCUT2D eigenvalue weighted by molar-refractivity contribution is -0.137. The third-order valence-corrected chi connectivity index (χ3v) is 4.44. The second-order valence-corrected chi connectivity index (χ2v) is 5.70. The molecule has 1 aromatic rings. The Hall–Kier alpha value is -1.11. The third kappa shape index (κ3) is 3.68. The standard InChI is InChI=1S/C12H15ClN2O3S/c13-9-2-8-19-11(9)12(18)15-6-4-14(5-7-15)3-1-10(16)17/h2,8H,1,3-7H2,(H,16,17). The van der Waals surface area contributed by atoms with Crippen LogP contribution in [0.3, 0.4) is 0 Å². The molecule has 0 unspecified atom stereocenters. The summed E-state index contributed by atoms with van der Waals surface area (Å²) in [7, 11) is 0. The zero-order chi connectivity index (χ0) is 13.8. The van der Waals surface area contributed by atoms with Gasteiger partial charge in [0.15, 0.2) is 0 Å². The molecule has 1 amide bonds. The highest BCUT2D eigenvalue weighted by Gasteiger charge is 2.24. The van der Waals surface area contributed by atoms with Gasteiger partial charge in [-0.15, -0.1) is 11.3 Å². The third-order valence-electron chi connectivity index (χ3n) is 3.11. The fourth-order valence-electron chi connectivity index (χ4n) is 2.02. The van der Waals surface area contributed by atoms with Crippen LogP contribution in [0.15, 0.2) is 11.4 Å². The maximum Gasteiger partial charge on any atom is 0.304 e. The highest BCUT2D eigenvalue weighted by molar-refractivity contribution is 7.12. The van der Waals surface area contributed by atoms with Crippen molar-refractivity contribution in [2.75, 3.05) is 32.7 Å². The van der Waals surface area contributed by atoms with E-state index in [1.165, 1.54) is 11.3 Å². The average molecular weight is 303 g/mol. The number of thiophene rings is 1. The quantitative estimate of drug-likeness (QED) is 0.918. The smallest absolute Gasteiger partial charge is 0.304 e. The summed E-state index contributed by atoms with van der Waals surface area (Å²) >= 11 is 7.31. The lowest BCUT2D eigenvalue weighted by Gasteiger charge is -2.34. The van der Waals surface area contributed by atoms with Crippen molar-refractivity contribution < 1.29 is 14.7 Å². The number of hydrogen-bond donors (Lipinski definition) is 1. The molecule has 2 rings (SSSR count). The first-order chi connectivity index (χ1) is 9.08. The summed E-state index contributed by atoms with van der Waals surface area (Å²) in [5.41, 5.74) is 0. The number of piperazine rings is 1. The zero-order valence-corrected chi connectivity index (χ0v) is 11.9. The Bertz CT molecular complexity index is 469. The molecule has 2 heterocycles. The summed E-state index contributed by atoms with van der Waals surface area (Å²) in [6, 6.07) is 1.72. The van der Waals surface area contributed by atoms with E-state index in [1.54, 1.807) is 16.3 Å². The van der Waals surface area contributed by atoms with Crippen molar-refractivity contribution in [3.05, 3.63) is 21.3 Å². The molecule has 1 saturated heterocycles. The van der Waals surface area contributed by atoms with Crippen molar-refractivity contribution in [1.29, 1.82) is 0 Å². The van der Waals surface area contributed by atoms with E-state index in [9.17, 15) is 9.59 Å². The van der Waals surface area contributed by atoms with E-state index in [0.717, 1.165) is 0 Å². The molecular formula is C12H15ClN2O3S. The van der Waals surface area contributed by atoms with Crippen LogP contribution in [-0.4, -0.2) is 59.5 Å². The molecule has 5 nitrogen and oxygen atoms in total. The zero-order valence-electron chi connectivity index (χ0n) is 10.3. The van der Waals surface area contributed by atoms with Crippen LogP contribution < -0.4 is 0 Å². The minimum absolute atomic E-state index is 0.0297. The monoisotopic (exact) mass is 302 g/mol. The Kier molecular flexibility index (Phi) is 4.79. The van der Waals surface area contributed by atoms with Gasteiger partial charge in [-0.05, 0) is 11.4 Å². The van der Waals surface area contributed by atoms with Crippen LogP contribution in [0.4, 0.5) is 0 Å². The maximum absolute atomic E-state index is 12.2. The van der Waals surface area contributed by atoms with E-state index in [1.807, 2.05) is 0 Å². The van der Waals surface area contributed by atoms with Crippen LogP contribution in [0, 0.1) is 0 Å². The topological polar surface area (TPSA) is 60.9 Å². The average Bonchev–Trinajstić information content (AvgIpc) is 2.82. The van der Waals surface area contributed by atoms with Crippen LogP contribution >= 0.6 is 22.9 Å². The Morgan fingerprint density at radius 1 is 1.32 bits per heavy atom. The molecule has 104 valence electrons. The van der Waals surface area contributed by atoms with Gasteiger partial charge in [-0.3, -0.25) is 14.5 Å². The molecule has 19 heavy (non-hydrogen) atoms. The van der Waals surface area contributed by atoms with Crippen LogP contribution in [0.2, 0.25) is 5.02 Å². The predicted octanol–water partition coefficient (Wildman–Crippen LogP) is 1.63. The number of nitrogens with zero attached hydrogens (tertiary/aromatic N) is 2. The number of rotatable bonds is 4. The molecule has 1 aromatic heterocycles. The van der Waals surface area contributed by atoms with Gasteiger partial charge in [-0.25, -0.2) is 0 Å². The normalized spacial score (nSPS) is 16.6. The van der Waals surface area contributed by atoms with Crippen molar-refractivity contribution in [2.24, 2.45) is 0 Å². The van der Waals surface area contributed by atoms with Gasteiger partial charge in [-0.2, -0.15) is 0 Å². The molecule has 7 heteroatoms. The van der Waals surface area contributed by atoms with E-state index < -0.39 is 5.97 Å². The van der Waals surface area contributed by atoms with Gasteiger partial charge in [0, 0.05) is 32.7 Å². The Labute approximate surface area is 120 Å². The summed E-state index contributed by atoms with van der Waals surface area (Å²) in [5.74, 6) is -0.818. The molecule has 1 aliphatic heterocycles. The second-order valence-electron chi connectivity index (χ2n) is 4.38. The van der Waals surface area contributed by atoms with Crippen LogP contribution in [-0.2, 0) is 4.79 Å². The van der Waals surface area contributed by atoms with Gasteiger partial charge in [0.2, 0.25) is 0 Å². The first-order valence-electron chi connectivity index (χ1n) is 6.04. The van der Waals surface area contributed by atoms with E-state index in [0.29, 0.717) is 42.6 Å². The molecule has 0 aromatic carbocycles. The molecule has 1 aliphatic rings. The molecule has 0 radical (unpaired) electrons. The van der Waals surface area contributed by atoms with Crippen molar-refractivity contribution in [3.63, 3.8) is 0 Å². The molecule has 0 saturated carbocycles. The number of halogens is 1. The molecule has 0 atom stereocenters. The fraction of sp³-hybridized carbons (Fsp3) is 0.500. The summed E-state index contributed by atoms with van der Waals surface area (Å²) in [6.07, 6.45) is 0.144. The van der Waals surface area contributed by atoms with E-state index in [4.69, 9.17) is 16.7 Å². The molecular weight excluding hydrogens is 288 g/mol. The lowest BCUT2D eigenvalue weighted by Crippen LogP contribution is -2.48. The van der Waals surface area contributed by atoms with Gasteiger partial charge in [0.1, 0.15) is 4.88 Å². The second kappa shape index (κ2) is 6.36. The number of carboxylic acids is 1. The van der Waals surface area contributed by atoms with Crippen LogP contribution in [0.1, 0.15) is 16.1 Å². The van der Waals surface area contributed by atoms with Gasteiger partial charge in [0.05, 0.1) is 11.4 Å². The minimum atomic E-state index is -0.788. The minimum Gasteiger partial charge on any atom is -0.481 e. The summed E-state index contributed by atoms with van der Waals surface area (Å²) in [5, 5.41) is 10.9. The number of hydrogen-bond acceptors (Lipinski definition) is 4. The van der Waals surface area contributed by atoms with E-state index >= 15 is 0 Å². The van der Waals surface area contributed by atoms with Gasteiger partial charge >= 0.3 is 5.97 Å². The van der Waals surface area contributed by atoms with Crippen molar-refractivity contribution in [1.82, 2.24) is 9.80 Å². The molecule has 0 aliphatic carbocycles. The Morgan fingerprint density at radius 2 is 2.00 bits per heavy atom. The summed E-state index contributed by atoms with van der Waals surface area (Å²) in [6.45, 7) is 3.19. The van der Waals surface area contributed by atoms with Crippen LogP contribution in [0.5, 0.6) is 0 Å². The van der Waals surface area contributed by atoms with Crippen molar-refractivity contribution >= 4 is 34.8 Å². The highest BCUT2D eigenvalue weighted by Crippen LogP contribution is 2.24. The first-order valence-corrected chi connectivity index (χ1v) is 7.30. The van der Waals surface area contributed by atoms with Crippen molar-refractivity contribution in [3.8, 4) is 0 Å². The van der Waals surface area contributed by atoms with Gasteiger partial charge in [0.25, 0.3) is 5.91 Å². The Morgan fingerprint density at radius 3 is 2.53 bits per heavy atom. The van der Waals surface area contributed by atoms with E-state index in [2.05, 4.69) is 4.90 Å². The molecule has 0 bridgehead atoms. The lowest BCUT2D eigenvalue weighted by atomic mass is 10.2. The van der Waals surface area contributed by atoms with Gasteiger partial charge < -0.3 is 10.0 Å². The largest absolute Gasteiger partial charge is 0.481 e. The summed E-state index contributed by atoms with van der Waals surface area (Å²) < 4.78 is 0. The molecule has 1 fully saturated rings. The number of amides is 1. The SMILES string of the molecule is O=C(O)CCN1CCN(C(=O)c2sccc2Cl)CC1. The summed E-state index contributed by atoms with van der Waals surface area (Å²) in [4.78, 5) is 27.1. The highest BCUT2D eigenvalue weighted by atomic mass is 35.5. The first kappa shape index (κ1) is 14.3. The van der Waals surface area contributed by atoms with Crippen molar-refractivity contribution in [2.45, 2.75) is 6.42 Å². The number of aliphatic carboxylic acids is 1. The number of carbonyl (C=O) groups is 2.